The Morgan fingerprint density at radius 3 is 2.71 bits per heavy atom. The van der Waals surface area contributed by atoms with Gasteiger partial charge < -0.3 is 15.8 Å². The van der Waals surface area contributed by atoms with Crippen LogP contribution in [-0.2, 0) is 0 Å². The van der Waals surface area contributed by atoms with E-state index in [1.165, 1.54) is 11.3 Å². The van der Waals surface area contributed by atoms with Gasteiger partial charge in [0.05, 0.1) is 10.6 Å². The minimum absolute atomic E-state index is 0.138. The number of hydrogen-bond acceptors (Lipinski definition) is 4. The number of thiophene rings is 1. The summed E-state index contributed by atoms with van der Waals surface area (Å²) < 4.78 is 5.49. The fraction of sp³-hybridized carbons (Fsp3) is 0.200. The number of carbonyl (C=O) groups excluding carboxylic acids is 1. The van der Waals surface area contributed by atoms with Crippen molar-refractivity contribution in [2.24, 2.45) is 5.73 Å². The molecule has 2 rings (SSSR count). The number of thiocarbonyl (C=S) groups is 1. The fourth-order valence-electron chi connectivity index (χ4n) is 1.71. The molecule has 0 unspecified atom stereocenters. The predicted molar refractivity (Wildman–Crippen MR) is 90.5 cm³/mol. The lowest BCUT2D eigenvalue weighted by Gasteiger charge is -2.11. The van der Waals surface area contributed by atoms with Crippen molar-refractivity contribution in [3.63, 3.8) is 0 Å². The van der Waals surface area contributed by atoms with E-state index in [1.54, 1.807) is 12.1 Å². The second-order valence-corrected chi connectivity index (χ2v) is 6.34. The molecule has 0 saturated heterocycles. The van der Waals surface area contributed by atoms with E-state index >= 15 is 0 Å². The van der Waals surface area contributed by atoms with Gasteiger partial charge in [0.2, 0.25) is 0 Å². The van der Waals surface area contributed by atoms with E-state index in [0.29, 0.717) is 16.3 Å². The highest BCUT2D eigenvalue weighted by molar-refractivity contribution is 7.80. The lowest BCUT2D eigenvalue weighted by Crippen LogP contribution is -2.19. The van der Waals surface area contributed by atoms with E-state index in [1.807, 2.05) is 32.0 Å². The summed E-state index contributed by atoms with van der Waals surface area (Å²) in [6.07, 6.45) is 0. The Kier molecular flexibility index (Phi) is 4.93. The molecule has 0 aliphatic rings. The van der Waals surface area contributed by atoms with Crippen LogP contribution in [0.2, 0.25) is 0 Å². The van der Waals surface area contributed by atoms with Crippen molar-refractivity contribution in [1.82, 2.24) is 0 Å². The predicted octanol–water partition coefficient (Wildman–Crippen LogP) is 3.28. The van der Waals surface area contributed by atoms with Crippen molar-refractivity contribution in [2.75, 3.05) is 11.9 Å². The van der Waals surface area contributed by atoms with Gasteiger partial charge in [0.1, 0.15) is 17.3 Å². The molecule has 0 fully saturated rings. The molecule has 2 aromatic rings. The molecule has 0 saturated carbocycles. The van der Waals surface area contributed by atoms with Crippen molar-refractivity contribution in [1.29, 1.82) is 0 Å². The molecule has 1 aromatic carbocycles. The number of nitrogens with two attached hydrogens (primary N) is 1. The maximum atomic E-state index is 12.3. The zero-order valence-corrected chi connectivity index (χ0v) is 13.4. The maximum absolute atomic E-state index is 12.3. The molecular weight excluding hydrogens is 304 g/mol. The number of ether oxygens (including phenoxy) is 1. The summed E-state index contributed by atoms with van der Waals surface area (Å²) in [7, 11) is 0. The Morgan fingerprint density at radius 1 is 1.38 bits per heavy atom. The largest absolute Gasteiger partial charge is 0.484 e. The first-order valence-electron chi connectivity index (χ1n) is 6.36. The quantitative estimate of drug-likeness (QED) is 0.830. The second-order valence-electron chi connectivity index (χ2n) is 4.56. The van der Waals surface area contributed by atoms with E-state index in [9.17, 15) is 4.79 Å². The van der Waals surface area contributed by atoms with Gasteiger partial charge in [0, 0.05) is 4.88 Å². The third-order valence-electron chi connectivity index (χ3n) is 2.89. The van der Waals surface area contributed by atoms with E-state index in [2.05, 4.69) is 5.32 Å². The summed E-state index contributed by atoms with van der Waals surface area (Å²) in [5.41, 5.74) is 7.14. The van der Waals surface area contributed by atoms with Crippen LogP contribution in [0, 0.1) is 13.8 Å². The number of benzene rings is 1. The van der Waals surface area contributed by atoms with Crippen LogP contribution in [0.1, 0.15) is 20.1 Å². The topological polar surface area (TPSA) is 64.3 Å². The normalized spacial score (nSPS) is 10.2. The number of rotatable bonds is 5. The Morgan fingerprint density at radius 2 is 2.10 bits per heavy atom. The van der Waals surface area contributed by atoms with Gasteiger partial charge in [-0.1, -0.05) is 24.4 Å². The Balaban J connectivity index is 2.15. The van der Waals surface area contributed by atoms with Crippen LogP contribution in [0.15, 0.2) is 30.3 Å². The van der Waals surface area contributed by atoms with Gasteiger partial charge in [-0.25, -0.2) is 0 Å². The zero-order valence-electron chi connectivity index (χ0n) is 11.8. The smallest absolute Gasteiger partial charge is 0.265 e. The monoisotopic (exact) mass is 320 g/mol. The van der Waals surface area contributed by atoms with Gasteiger partial charge in [0.25, 0.3) is 5.91 Å². The van der Waals surface area contributed by atoms with Gasteiger partial charge >= 0.3 is 0 Å². The zero-order chi connectivity index (χ0) is 15.4. The van der Waals surface area contributed by atoms with Crippen molar-refractivity contribution < 1.29 is 9.53 Å². The first kappa shape index (κ1) is 15.5. The second kappa shape index (κ2) is 6.69. The first-order chi connectivity index (χ1) is 9.97. The minimum Gasteiger partial charge on any atom is -0.484 e. The van der Waals surface area contributed by atoms with Crippen molar-refractivity contribution >= 4 is 40.1 Å². The molecule has 4 nitrogen and oxygen atoms in total. The van der Waals surface area contributed by atoms with Gasteiger partial charge in [-0.15, -0.1) is 11.3 Å². The summed E-state index contributed by atoms with van der Waals surface area (Å²) >= 11 is 6.26. The summed E-state index contributed by atoms with van der Waals surface area (Å²) in [6, 6.07) is 9.07. The lowest BCUT2D eigenvalue weighted by atomic mass is 10.2. The van der Waals surface area contributed by atoms with Crippen LogP contribution < -0.4 is 15.8 Å². The summed E-state index contributed by atoms with van der Waals surface area (Å²) in [5, 5.41) is 2.85. The molecule has 0 aliphatic carbocycles. The number of hydrogen-bond donors (Lipinski definition) is 2. The number of anilines is 1. The third kappa shape index (κ3) is 4.03. The molecule has 0 atom stereocenters. The Labute approximate surface area is 132 Å². The van der Waals surface area contributed by atoms with Gasteiger partial charge in [-0.3, -0.25) is 4.79 Å². The molecule has 21 heavy (non-hydrogen) atoms. The van der Waals surface area contributed by atoms with Crippen LogP contribution in [0.25, 0.3) is 0 Å². The standard InChI is InChI=1S/C15H16N2O2S2/c1-9-7-13(21-10(9)2)15(18)17-11-5-3-4-6-12(11)19-8-14(16)20/h3-7H,8H2,1-2H3,(H2,16,20)(H,17,18). The highest BCUT2D eigenvalue weighted by atomic mass is 32.1. The van der Waals surface area contributed by atoms with E-state index in [-0.39, 0.29) is 17.5 Å². The van der Waals surface area contributed by atoms with E-state index in [4.69, 9.17) is 22.7 Å². The molecule has 6 heteroatoms. The molecule has 1 aromatic heterocycles. The number of amides is 1. The summed E-state index contributed by atoms with van der Waals surface area (Å²) in [6.45, 7) is 4.12. The van der Waals surface area contributed by atoms with Crippen LogP contribution in [0.3, 0.4) is 0 Å². The first-order valence-corrected chi connectivity index (χ1v) is 7.58. The lowest BCUT2D eigenvalue weighted by molar-refractivity contribution is 0.103. The molecule has 110 valence electrons. The van der Waals surface area contributed by atoms with E-state index in [0.717, 1.165) is 10.4 Å². The van der Waals surface area contributed by atoms with Gasteiger partial charge in [-0.05, 0) is 37.6 Å². The Bertz CT molecular complexity index is 661. The molecule has 0 radical (unpaired) electrons. The van der Waals surface area contributed by atoms with Gasteiger partial charge in [0.15, 0.2) is 0 Å². The number of aryl methyl sites for hydroxylation is 2. The molecule has 3 N–H and O–H groups in total. The number of carbonyl (C=O) groups is 1. The van der Waals surface area contributed by atoms with Crippen LogP contribution in [-0.4, -0.2) is 17.5 Å². The van der Waals surface area contributed by atoms with Crippen LogP contribution in [0.5, 0.6) is 5.75 Å². The van der Waals surface area contributed by atoms with Crippen molar-refractivity contribution in [3.8, 4) is 5.75 Å². The molecule has 0 aliphatic heterocycles. The molecule has 1 heterocycles. The molecule has 0 spiro atoms. The van der Waals surface area contributed by atoms with Crippen LogP contribution >= 0.6 is 23.6 Å². The third-order valence-corrected chi connectivity index (χ3v) is 4.16. The number of para-hydroxylation sites is 2. The van der Waals surface area contributed by atoms with Crippen LogP contribution in [0.4, 0.5) is 5.69 Å². The average Bonchev–Trinajstić information content (AvgIpc) is 2.78. The van der Waals surface area contributed by atoms with Gasteiger partial charge in [-0.2, -0.15) is 0 Å². The molecule has 0 bridgehead atoms. The average molecular weight is 320 g/mol. The van der Waals surface area contributed by atoms with Crippen molar-refractivity contribution in [2.45, 2.75) is 13.8 Å². The van der Waals surface area contributed by atoms with Crippen molar-refractivity contribution in [3.05, 3.63) is 45.6 Å². The molecule has 1 amide bonds. The maximum Gasteiger partial charge on any atom is 0.265 e. The highest BCUT2D eigenvalue weighted by Crippen LogP contribution is 2.26. The fourth-order valence-corrected chi connectivity index (χ4v) is 2.70. The summed E-state index contributed by atoms with van der Waals surface area (Å²) in [5.74, 6) is 0.395. The molecular formula is C15H16N2O2S2. The Hall–Kier alpha value is -1.92. The SMILES string of the molecule is Cc1cc(C(=O)Nc2ccccc2OCC(N)=S)sc1C. The van der Waals surface area contributed by atoms with E-state index < -0.39 is 0 Å². The minimum atomic E-state index is -0.150. The number of nitrogens with one attached hydrogen (secondary N) is 1. The highest BCUT2D eigenvalue weighted by Gasteiger charge is 2.13. The summed E-state index contributed by atoms with van der Waals surface area (Å²) in [4.78, 5) is 14.3.